The van der Waals surface area contributed by atoms with Crippen molar-refractivity contribution in [1.29, 1.82) is 0 Å². The molecule has 0 bridgehead atoms. The summed E-state index contributed by atoms with van der Waals surface area (Å²) in [6.07, 6.45) is 3.49. The SMILES string of the molecule is COc1ccc(C2C(CN)CCCCN2C)cc1F. The van der Waals surface area contributed by atoms with Gasteiger partial charge in [0.1, 0.15) is 0 Å². The van der Waals surface area contributed by atoms with Crippen LogP contribution in [0.1, 0.15) is 30.9 Å². The van der Waals surface area contributed by atoms with E-state index in [1.807, 2.05) is 6.07 Å². The van der Waals surface area contributed by atoms with Crippen LogP contribution in [0.15, 0.2) is 18.2 Å². The van der Waals surface area contributed by atoms with Gasteiger partial charge in [0.25, 0.3) is 0 Å². The van der Waals surface area contributed by atoms with Gasteiger partial charge in [0.2, 0.25) is 0 Å². The Hall–Kier alpha value is -1.13. The lowest BCUT2D eigenvalue weighted by molar-refractivity contribution is 0.195. The van der Waals surface area contributed by atoms with Crippen molar-refractivity contribution >= 4 is 0 Å². The molecule has 2 unspecified atom stereocenters. The summed E-state index contributed by atoms with van der Waals surface area (Å²) in [5, 5.41) is 0. The molecule has 1 aliphatic heterocycles. The van der Waals surface area contributed by atoms with Crippen molar-refractivity contribution in [2.24, 2.45) is 11.7 Å². The molecule has 0 radical (unpaired) electrons. The van der Waals surface area contributed by atoms with Crippen LogP contribution < -0.4 is 10.5 Å². The van der Waals surface area contributed by atoms with Crippen molar-refractivity contribution in [3.63, 3.8) is 0 Å². The highest BCUT2D eigenvalue weighted by Crippen LogP contribution is 2.35. The summed E-state index contributed by atoms with van der Waals surface area (Å²) in [6.45, 7) is 1.68. The number of hydrogen-bond acceptors (Lipinski definition) is 3. The predicted octanol–water partition coefficient (Wildman–Crippen LogP) is 2.57. The Morgan fingerprint density at radius 3 is 2.84 bits per heavy atom. The Morgan fingerprint density at radius 1 is 1.42 bits per heavy atom. The van der Waals surface area contributed by atoms with Crippen LogP contribution in [0.4, 0.5) is 4.39 Å². The minimum atomic E-state index is -0.298. The minimum Gasteiger partial charge on any atom is -0.494 e. The minimum absolute atomic E-state index is 0.202. The molecule has 1 saturated heterocycles. The fourth-order valence-corrected chi connectivity index (χ4v) is 3.06. The molecule has 1 heterocycles. The van der Waals surface area contributed by atoms with Gasteiger partial charge in [-0.15, -0.1) is 0 Å². The summed E-state index contributed by atoms with van der Waals surface area (Å²) in [4.78, 5) is 2.30. The van der Waals surface area contributed by atoms with Gasteiger partial charge in [0.05, 0.1) is 7.11 Å². The van der Waals surface area contributed by atoms with Crippen molar-refractivity contribution in [2.45, 2.75) is 25.3 Å². The first-order chi connectivity index (χ1) is 9.17. The molecule has 0 saturated carbocycles. The molecule has 0 aliphatic carbocycles. The molecule has 0 spiro atoms. The van der Waals surface area contributed by atoms with Crippen molar-refractivity contribution in [3.8, 4) is 5.75 Å². The average Bonchev–Trinajstić information content (AvgIpc) is 2.60. The van der Waals surface area contributed by atoms with Crippen LogP contribution in [0.3, 0.4) is 0 Å². The van der Waals surface area contributed by atoms with E-state index >= 15 is 0 Å². The highest BCUT2D eigenvalue weighted by atomic mass is 19.1. The monoisotopic (exact) mass is 266 g/mol. The number of nitrogens with two attached hydrogens (primary N) is 1. The first-order valence-corrected chi connectivity index (χ1v) is 6.91. The van der Waals surface area contributed by atoms with Gasteiger partial charge in [-0.3, -0.25) is 4.90 Å². The zero-order valence-corrected chi connectivity index (χ0v) is 11.7. The Morgan fingerprint density at radius 2 is 2.21 bits per heavy atom. The van der Waals surface area contributed by atoms with Gasteiger partial charge in [-0.25, -0.2) is 4.39 Å². The summed E-state index contributed by atoms with van der Waals surface area (Å²) < 4.78 is 18.9. The topological polar surface area (TPSA) is 38.5 Å². The summed E-state index contributed by atoms with van der Waals surface area (Å²) >= 11 is 0. The third kappa shape index (κ3) is 3.07. The van der Waals surface area contributed by atoms with Crippen molar-refractivity contribution in [3.05, 3.63) is 29.6 Å². The van der Waals surface area contributed by atoms with Gasteiger partial charge in [0.15, 0.2) is 11.6 Å². The van der Waals surface area contributed by atoms with Crippen LogP contribution in [0.5, 0.6) is 5.75 Å². The molecule has 19 heavy (non-hydrogen) atoms. The van der Waals surface area contributed by atoms with E-state index in [4.69, 9.17) is 10.5 Å². The predicted molar refractivity (Wildman–Crippen MR) is 74.7 cm³/mol. The third-order valence-electron chi connectivity index (χ3n) is 4.08. The van der Waals surface area contributed by atoms with Gasteiger partial charge >= 0.3 is 0 Å². The van der Waals surface area contributed by atoms with Gasteiger partial charge in [-0.05, 0) is 56.6 Å². The fourth-order valence-electron chi connectivity index (χ4n) is 3.06. The van der Waals surface area contributed by atoms with Crippen molar-refractivity contribution < 1.29 is 9.13 Å². The second kappa shape index (κ2) is 6.35. The van der Waals surface area contributed by atoms with E-state index in [1.54, 1.807) is 12.1 Å². The maximum absolute atomic E-state index is 13.9. The number of benzene rings is 1. The molecule has 0 amide bonds. The number of nitrogens with zero attached hydrogens (tertiary/aromatic N) is 1. The Balaban J connectivity index is 2.32. The van der Waals surface area contributed by atoms with Crippen molar-refractivity contribution in [2.75, 3.05) is 27.2 Å². The first kappa shape index (κ1) is 14.3. The molecule has 1 aliphatic rings. The van der Waals surface area contributed by atoms with E-state index in [1.165, 1.54) is 20.0 Å². The highest BCUT2D eigenvalue weighted by molar-refractivity contribution is 5.31. The number of halogens is 1. The Labute approximate surface area is 114 Å². The molecular formula is C15H23FN2O. The van der Waals surface area contributed by atoms with Crippen LogP contribution in [0.2, 0.25) is 0 Å². The first-order valence-electron chi connectivity index (χ1n) is 6.91. The van der Waals surface area contributed by atoms with E-state index in [0.717, 1.165) is 18.5 Å². The molecule has 4 heteroatoms. The smallest absolute Gasteiger partial charge is 0.165 e. The average molecular weight is 266 g/mol. The highest BCUT2D eigenvalue weighted by Gasteiger charge is 2.28. The molecule has 1 aromatic rings. The summed E-state index contributed by atoms with van der Waals surface area (Å²) in [5.41, 5.74) is 6.91. The molecule has 1 fully saturated rings. The molecule has 2 rings (SSSR count). The number of likely N-dealkylation sites (tertiary alicyclic amines) is 1. The Kier molecular flexibility index (Phi) is 4.77. The lowest BCUT2D eigenvalue weighted by atomic mass is 9.89. The van der Waals surface area contributed by atoms with Crippen LogP contribution >= 0.6 is 0 Å². The van der Waals surface area contributed by atoms with Crippen LogP contribution in [0, 0.1) is 11.7 Å². The molecular weight excluding hydrogens is 243 g/mol. The zero-order valence-electron chi connectivity index (χ0n) is 11.7. The number of ether oxygens (including phenoxy) is 1. The van der Waals surface area contributed by atoms with Gasteiger partial charge in [-0.1, -0.05) is 12.5 Å². The normalized spacial score (nSPS) is 25.1. The number of hydrogen-bond donors (Lipinski definition) is 1. The summed E-state index contributed by atoms with van der Waals surface area (Å²) in [6, 6.07) is 5.45. The van der Waals surface area contributed by atoms with Gasteiger partial charge in [-0.2, -0.15) is 0 Å². The standard InChI is InChI=1S/C15H23FN2O/c1-18-8-4-3-5-12(10-17)15(18)11-6-7-14(19-2)13(16)9-11/h6-7,9,12,15H,3-5,8,10,17H2,1-2H3. The summed E-state index contributed by atoms with van der Waals surface area (Å²) in [5.74, 6) is 0.387. The van der Waals surface area contributed by atoms with E-state index in [0.29, 0.717) is 18.2 Å². The second-order valence-corrected chi connectivity index (χ2v) is 5.31. The molecule has 1 aromatic carbocycles. The maximum atomic E-state index is 13.9. The molecule has 2 N–H and O–H groups in total. The van der Waals surface area contributed by atoms with Gasteiger partial charge < -0.3 is 10.5 Å². The number of methoxy groups -OCH3 is 1. The third-order valence-corrected chi connectivity index (χ3v) is 4.08. The van der Waals surface area contributed by atoms with Crippen LogP contribution in [-0.2, 0) is 0 Å². The van der Waals surface area contributed by atoms with E-state index < -0.39 is 0 Å². The quantitative estimate of drug-likeness (QED) is 0.914. The molecule has 106 valence electrons. The Bertz CT molecular complexity index is 425. The van der Waals surface area contributed by atoms with E-state index in [9.17, 15) is 4.39 Å². The van der Waals surface area contributed by atoms with Gasteiger partial charge in [0, 0.05) is 6.04 Å². The lowest BCUT2D eigenvalue weighted by Crippen LogP contribution is -2.33. The number of rotatable bonds is 3. The van der Waals surface area contributed by atoms with Crippen LogP contribution in [0.25, 0.3) is 0 Å². The summed E-state index contributed by atoms with van der Waals surface area (Å²) in [7, 11) is 3.58. The zero-order chi connectivity index (χ0) is 13.8. The van der Waals surface area contributed by atoms with E-state index in [2.05, 4.69) is 11.9 Å². The van der Waals surface area contributed by atoms with Crippen molar-refractivity contribution in [1.82, 2.24) is 4.90 Å². The lowest BCUT2D eigenvalue weighted by Gasteiger charge is -2.32. The second-order valence-electron chi connectivity index (χ2n) is 5.31. The molecule has 3 nitrogen and oxygen atoms in total. The maximum Gasteiger partial charge on any atom is 0.165 e. The molecule has 2 atom stereocenters. The van der Waals surface area contributed by atoms with E-state index in [-0.39, 0.29) is 11.9 Å². The molecule has 0 aromatic heterocycles. The largest absolute Gasteiger partial charge is 0.494 e. The fraction of sp³-hybridized carbons (Fsp3) is 0.600. The van der Waals surface area contributed by atoms with Crippen LogP contribution in [-0.4, -0.2) is 32.1 Å².